The van der Waals surface area contributed by atoms with Crippen molar-refractivity contribution in [2.24, 2.45) is 5.92 Å². The van der Waals surface area contributed by atoms with Crippen LogP contribution < -0.4 is 10.9 Å². The number of carbonyl (C=O) groups is 1. The van der Waals surface area contributed by atoms with Crippen molar-refractivity contribution in [2.45, 2.75) is 39.2 Å². The van der Waals surface area contributed by atoms with Gasteiger partial charge in [-0.2, -0.15) is 0 Å². The number of likely N-dealkylation sites (tertiary alicyclic amines) is 1. The van der Waals surface area contributed by atoms with E-state index in [1.165, 1.54) is 30.6 Å². The van der Waals surface area contributed by atoms with Gasteiger partial charge in [-0.1, -0.05) is 24.3 Å². The van der Waals surface area contributed by atoms with Gasteiger partial charge in [0.1, 0.15) is 5.52 Å². The van der Waals surface area contributed by atoms with Gasteiger partial charge in [0.15, 0.2) is 0 Å². The van der Waals surface area contributed by atoms with Crippen LogP contribution in [0, 0.1) is 5.92 Å². The average Bonchev–Trinajstić information content (AvgIpc) is 2.66. The highest BCUT2D eigenvalue weighted by atomic mass is 16.2. The van der Waals surface area contributed by atoms with Crippen LogP contribution in [0.25, 0.3) is 10.9 Å². The fraction of sp³-hybridized carbons (Fsp3) is 0.579. The fourth-order valence-electron chi connectivity index (χ4n) is 3.28. The van der Waals surface area contributed by atoms with Gasteiger partial charge in [-0.15, -0.1) is 5.10 Å². The summed E-state index contributed by atoms with van der Waals surface area (Å²) in [5.41, 5.74) is 0.369. The lowest BCUT2D eigenvalue weighted by molar-refractivity contribution is -0.121. The van der Waals surface area contributed by atoms with Crippen molar-refractivity contribution in [1.82, 2.24) is 25.2 Å². The molecule has 1 amide bonds. The molecule has 1 fully saturated rings. The maximum atomic E-state index is 12.3. The molecule has 3 rings (SSSR count). The summed E-state index contributed by atoms with van der Waals surface area (Å²) in [6, 6.07) is 7.10. The molecule has 1 saturated heterocycles. The lowest BCUT2D eigenvalue weighted by atomic mass is 9.99. The minimum Gasteiger partial charge on any atom is -0.356 e. The number of hydrogen-bond acceptors (Lipinski definition) is 5. The van der Waals surface area contributed by atoms with Gasteiger partial charge in [-0.3, -0.25) is 9.59 Å². The zero-order valence-corrected chi connectivity index (χ0v) is 15.4. The van der Waals surface area contributed by atoms with Crippen molar-refractivity contribution in [3.63, 3.8) is 0 Å². The summed E-state index contributed by atoms with van der Waals surface area (Å²) in [5.74, 6) is 0.784. The number of piperidine rings is 1. The summed E-state index contributed by atoms with van der Waals surface area (Å²) in [7, 11) is 0. The SMILES string of the molecule is CC1CCN(CCCNC(=O)CCn2nnc3ccccc3c2=O)CC1. The number of aromatic nitrogens is 3. The minimum atomic E-state index is -0.206. The summed E-state index contributed by atoms with van der Waals surface area (Å²) in [6.07, 6.45) is 3.73. The Kier molecular flexibility index (Phi) is 6.33. The Balaban J connectivity index is 1.39. The summed E-state index contributed by atoms with van der Waals surface area (Å²) in [4.78, 5) is 26.8. The molecule has 7 nitrogen and oxygen atoms in total. The monoisotopic (exact) mass is 357 g/mol. The van der Waals surface area contributed by atoms with E-state index in [0.717, 1.165) is 18.9 Å². The van der Waals surface area contributed by atoms with Crippen molar-refractivity contribution < 1.29 is 4.79 Å². The first-order chi connectivity index (χ1) is 12.6. The molecule has 0 radical (unpaired) electrons. The highest BCUT2D eigenvalue weighted by Gasteiger charge is 2.15. The predicted octanol–water partition coefficient (Wildman–Crippen LogP) is 1.42. The van der Waals surface area contributed by atoms with Gasteiger partial charge < -0.3 is 10.2 Å². The number of nitrogens with zero attached hydrogens (tertiary/aromatic N) is 4. The Hall–Kier alpha value is -2.28. The van der Waals surface area contributed by atoms with Gasteiger partial charge in [0.25, 0.3) is 5.56 Å². The second-order valence-electron chi connectivity index (χ2n) is 7.11. The van der Waals surface area contributed by atoms with Crippen LogP contribution in [0.2, 0.25) is 0 Å². The Morgan fingerprint density at radius 1 is 1.23 bits per heavy atom. The molecule has 1 aromatic heterocycles. The van der Waals surface area contributed by atoms with Gasteiger partial charge in [0.05, 0.1) is 11.9 Å². The number of benzene rings is 1. The van der Waals surface area contributed by atoms with Gasteiger partial charge >= 0.3 is 0 Å². The molecule has 26 heavy (non-hydrogen) atoms. The molecule has 0 saturated carbocycles. The maximum absolute atomic E-state index is 12.3. The standard InChI is InChI=1S/C19H27N5O2/c1-15-7-12-23(13-8-15)11-4-10-20-18(25)9-14-24-19(26)16-5-2-3-6-17(16)21-22-24/h2-3,5-6,15H,4,7-14H2,1H3,(H,20,25). The van der Waals surface area contributed by atoms with Crippen LogP contribution in [-0.2, 0) is 11.3 Å². The van der Waals surface area contributed by atoms with Crippen LogP contribution in [0.5, 0.6) is 0 Å². The van der Waals surface area contributed by atoms with Crippen molar-refractivity contribution in [3.05, 3.63) is 34.6 Å². The van der Waals surface area contributed by atoms with Crippen LogP contribution >= 0.6 is 0 Å². The molecule has 1 N–H and O–H groups in total. The number of aryl methyl sites for hydroxylation is 1. The fourth-order valence-corrected chi connectivity index (χ4v) is 3.28. The van der Waals surface area contributed by atoms with Gasteiger partial charge in [0, 0.05) is 13.0 Å². The van der Waals surface area contributed by atoms with E-state index in [9.17, 15) is 9.59 Å². The van der Waals surface area contributed by atoms with Crippen molar-refractivity contribution in [1.29, 1.82) is 0 Å². The molecule has 1 aromatic carbocycles. The molecule has 0 spiro atoms. The number of fused-ring (bicyclic) bond motifs is 1. The van der Waals surface area contributed by atoms with Crippen LogP contribution in [0.4, 0.5) is 0 Å². The third kappa shape index (κ3) is 4.88. The third-order valence-corrected chi connectivity index (χ3v) is 5.03. The van der Waals surface area contributed by atoms with Crippen LogP contribution in [0.15, 0.2) is 29.1 Å². The number of nitrogens with one attached hydrogen (secondary N) is 1. The molecule has 0 bridgehead atoms. The van der Waals surface area contributed by atoms with Crippen LogP contribution in [-0.4, -0.2) is 52.0 Å². The Morgan fingerprint density at radius 3 is 2.81 bits per heavy atom. The molecule has 140 valence electrons. The van der Waals surface area contributed by atoms with Crippen LogP contribution in [0.1, 0.15) is 32.6 Å². The zero-order valence-electron chi connectivity index (χ0n) is 15.4. The summed E-state index contributed by atoms with van der Waals surface area (Å²) >= 11 is 0. The van der Waals surface area contributed by atoms with Crippen molar-refractivity contribution in [3.8, 4) is 0 Å². The smallest absolute Gasteiger partial charge is 0.277 e. The van der Waals surface area contributed by atoms with Gasteiger partial charge in [0.2, 0.25) is 5.91 Å². The first-order valence-electron chi connectivity index (χ1n) is 9.45. The average molecular weight is 357 g/mol. The normalized spacial score (nSPS) is 16.0. The first-order valence-corrected chi connectivity index (χ1v) is 9.45. The molecular formula is C19H27N5O2. The quantitative estimate of drug-likeness (QED) is 0.758. The minimum absolute atomic E-state index is 0.0564. The molecule has 2 heterocycles. The van der Waals surface area contributed by atoms with Crippen molar-refractivity contribution >= 4 is 16.8 Å². The van der Waals surface area contributed by atoms with Gasteiger partial charge in [-0.25, -0.2) is 4.68 Å². The molecule has 0 unspecified atom stereocenters. The molecular weight excluding hydrogens is 330 g/mol. The first kappa shape index (κ1) is 18.5. The number of carbonyl (C=O) groups excluding carboxylic acids is 1. The summed E-state index contributed by atoms with van der Waals surface area (Å²) < 4.78 is 1.26. The highest BCUT2D eigenvalue weighted by Crippen LogP contribution is 2.15. The molecule has 7 heteroatoms. The van der Waals surface area contributed by atoms with E-state index < -0.39 is 0 Å². The topological polar surface area (TPSA) is 80.1 Å². The van der Waals surface area contributed by atoms with E-state index in [4.69, 9.17) is 0 Å². The molecule has 0 aliphatic carbocycles. The van der Waals surface area contributed by atoms with Crippen LogP contribution in [0.3, 0.4) is 0 Å². The predicted molar refractivity (Wildman–Crippen MR) is 101 cm³/mol. The van der Waals surface area contributed by atoms with E-state index in [2.05, 4.69) is 27.5 Å². The van der Waals surface area contributed by atoms with E-state index >= 15 is 0 Å². The van der Waals surface area contributed by atoms with E-state index in [1.807, 2.05) is 6.07 Å². The second-order valence-corrected chi connectivity index (χ2v) is 7.11. The lowest BCUT2D eigenvalue weighted by Crippen LogP contribution is -2.35. The summed E-state index contributed by atoms with van der Waals surface area (Å²) in [5, 5.41) is 11.4. The van der Waals surface area contributed by atoms with E-state index in [0.29, 0.717) is 17.4 Å². The number of amides is 1. The molecule has 1 aliphatic heterocycles. The molecule has 1 aliphatic rings. The van der Waals surface area contributed by atoms with Gasteiger partial charge in [-0.05, 0) is 56.9 Å². The highest BCUT2D eigenvalue weighted by molar-refractivity contribution is 5.77. The maximum Gasteiger partial charge on any atom is 0.277 e. The largest absolute Gasteiger partial charge is 0.356 e. The Labute approximate surface area is 153 Å². The van der Waals surface area contributed by atoms with E-state index in [-0.39, 0.29) is 24.4 Å². The number of hydrogen-bond donors (Lipinski definition) is 1. The van der Waals surface area contributed by atoms with Crippen molar-refractivity contribution in [2.75, 3.05) is 26.2 Å². The zero-order chi connectivity index (χ0) is 18.4. The molecule has 0 atom stereocenters. The molecule has 2 aromatic rings. The summed E-state index contributed by atoms with van der Waals surface area (Å²) in [6.45, 7) is 6.58. The van der Waals surface area contributed by atoms with E-state index in [1.54, 1.807) is 18.2 Å². The second kappa shape index (κ2) is 8.89. The third-order valence-electron chi connectivity index (χ3n) is 5.03. The Bertz CT molecular complexity index is 796. The Morgan fingerprint density at radius 2 is 2.00 bits per heavy atom. The number of rotatable bonds is 7. The lowest BCUT2D eigenvalue weighted by Gasteiger charge is -2.30.